The Morgan fingerprint density at radius 1 is 1.08 bits per heavy atom. The van der Waals surface area contributed by atoms with Crippen LogP contribution in [-0.4, -0.2) is 22.8 Å². The smallest absolute Gasteiger partial charge is 0.330 e. The van der Waals surface area contributed by atoms with E-state index in [1.807, 2.05) is 30.3 Å². The minimum absolute atomic E-state index is 0.00150. The van der Waals surface area contributed by atoms with Crippen molar-refractivity contribution in [2.45, 2.75) is 19.4 Å². The molecule has 2 rings (SSSR count). The molecule has 0 aromatic heterocycles. The fraction of sp³-hybridized carbons (Fsp3) is 0.211. The number of hydrogen-bond donors (Lipinski definition) is 2. The Morgan fingerprint density at radius 3 is 2.50 bits per heavy atom. The molecular weight excluding hydrogens is 308 g/mol. The summed E-state index contributed by atoms with van der Waals surface area (Å²) in [6, 6.07) is 14.5. The molecule has 0 saturated carbocycles. The molecule has 0 atom stereocenters. The van der Waals surface area contributed by atoms with E-state index in [-0.39, 0.29) is 11.3 Å². The fourth-order valence-corrected chi connectivity index (χ4v) is 2.03. The summed E-state index contributed by atoms with van der Waals surface area (Å²) >= 11 is 0. The first kappa shape index (κ1) is 17.4. The van der Waals surface area contributed by atoms with Gasteiger partial charge in [-0.05, 0) is 30.5 Å². The molecule has 5 heteroatoms. The van der Waals surface area contributed by atoms with Gasteiger partial charge in [0.2, 0.25) is 0 Å². The number of carbonyl (C=O) groups is 1. The Kier molecular flexibility index (Phi) is 6.25. The Balaban J connectivity index is 1.81. The highest BCUT2D eigenvalue weighted by Gasteiger charge is 2.06. The summed E-state index contributed by atoms with van der Waals surface area (Å²) in [7, 11) is 0. The number of phenols is 1. The molecule has 0 aliphatic carbocycles. The van der Waals surface area contributed by atoms with Crippen LogP contribution in [0.15, 0.2) is 60.7 Å². The van der Waals surface area contributed by atoms with Crippen LogP contribution in [0.3, 0.4) is 0 Å². The number of aromatic hydroxyl groups is 1. The van der Waals surface area contributed by atoms with E-state index in [1.54, 1.807) is 12.1 Å². The Morgan fingerprint density at radius 2 is 1.83 bits per heavy atom. The molecule has 0 amide bonds. The molecule has 0 aliphatic heterocycles. The molecule has 126 valence electrons. The van der Waals surface area contributed by atoms with Crippen molar-refractivity contribution in [2.24, 2.45) is 0 Å². The van der Waals surface area contributed by atoms with Crippen LogP contribution in [0.1, 0.15) is 18.4 Å². The number of carboxylic acids is 1. The molecule has 2 N–H and O–H groups in total. The number of hydrogen-bond acceptors (Lipinski definition) is 4. The molecule has 0 spiro atoms. The number of benzene rings is 2. The molecule has 0 unspecified atom stereocenters. The first-order chi connectivity index (χ1) is 11.6. The molecule has 0 saturated heterocycles. The predicted octanol–water partition coefficient (Wildman–Crippen LogP) is 3.77. The van der Waals surface area contributed by atoms with Gasteiger partial charge in [-0.2, -0.15) is 0 Å². The van der Waals surface area contributed by atoms with Crippen LogP contribution in [-0.2, 0) is 11.4 Å². The van der Waals surface area contributed by atoms with Crippen LogP contribution in [0.5, 0.6) is 17.2 Å². The van der Waals surface area contributed by atoms with Crippen LogP contribution in [0, 0.1) is 0 Å². The summed E-state index contributed by atoms with van der Waals surface area (Å²) in [5.74, 6) is -0.114. The zero-order valence-electron chi connectivity index (χ0n) is 13.3. The molecule has 0 aliphatic rings. The normalized spacial score (nSPS) is 10.2. The first-order valence-electron chi connectivity index (χ1n) is 7.60. The van der Waals surface area contributed by atoms with Gasteiger partial charge >= 0.3 is 5.97 Å². The molecule has 0 radical (unpaired) electrons. The van der Waals surface area contributed by atoms with E-state index in [0.717, 1.165) is 5.56 Å². The molecule has 2 aromatic carbocycles. The van der Waals surface area contributed by atoms with E-state index < -0.39 is 5.97 Å². The Hall–Kier alpha value is -2.95. The van der Waals surface area contributed by atoms with Crippen LogP contribution < -0.4 is 9.47 Å². The van der Waals surface area contributed by atoms with E-state index in [9.17, 15) is 9.90 Å². The summed E-state index contributed by atoms with van der Waals surface area (Å²) in [6.07, 6.45) is 0.901. The van der Waals surface area contributed by atoms with Gasteiger partial charge in [-0.1, -0.05) is 36.9 Å². The van der Waals surface area contributed by atoms with Crippen LogP contribution in [0.4, 0.5) is 0 Å². The average molecular weight is 328 g/mol. The van der Waals surface area contributed by atoms with E-state index in [1.165, 1.54) is 6.07 Å². The molecule has 0 fully saturated rings. The number of rotatable bonds is 9. The monoisotopic (exact) mass is 328 g/mol. The highest BCUT2D eigenvalue weighted by atomic mass is 16.5. The third kappa shape index (κ3) is 5.35. The Bertz CT molecular complexity index is 694. The highest BCUT2D eigenvalue weighted by molar-refractivity contribution is 5.85. The van der Waals surface area contributed by atoms with Gasteiger partial charge in [0.25, 0.3) is 0 Å². The summed E-state index contributed by atoms with van der Waals surface area (Å²) < 4.78 is 11.1. The second-order valence-electron chi connectivity index (χ2n) is 5.26. The predicted molar refractivity (Wildman–Crippen MR) is 90.4 cm³/mol. The minimum atomic E-state index is -0.993. The maximum absolute atomic E-state index is 10.6. The maximum atomic E-state index is 10.6. The Labute approximate surface area is 140 Å². The van der Waals surface area contributed by atoms with Crippen LogP contribution in [0.25, 0.3) is 0 Å². The summed E-state index contributed by atoms with van der Waals surface area (Å²) in [5, 5.41) is 18.7. The lowest BCUT2D eigenvalue weighted by molar-refractivity contribution is -0.132. The van der Waals surface area contributed by atoms with Gasteiger partial charge in [-0.15, -0.1) is 0 Å². The van der Waals surface area contributed by atoms with Gasteiger partial charge in [0.15, 0.2) is 11.5 Å². The topological polar surface area (TPSA) is 76.0 Å². The van der Waals surface area contributed by atoms with E-state index >= 15 is 0 Å². The third-order valence-corrected chi connectivity index (χ3v) is 3.36. The number of phenolic OH excluding ortho intramolecular Hbond substituents is 1. The van der Waals surface area contributed by atoms with Crippen molar-refractivity contribution >= 4 is 5.97 Å². The first-order valence-corrected chi connectivity index (χ1v) is 7.60. The largest absolute Gasteiger partial charge is 0.504 e. The van der Waals surface area contributed by atoms with Crippen molar-refractivity contribution in [1.82, 2.24) is 0 Å². The lowest BCUT2D eigenvalue weighted by Gasteiger charge is -2.11. The van der Waals surface area contributed by atoms with Crippen LogP contribution in [0.2, 0.25) is 0 Å². The number of carboxylic acid groups (broad SMARTS) is 1. The van der Waals surface area contributed by atoms with Crippen molar-refractivity contribution < 1.29 is 24.5 Å². The molecule has 2 aromatic rings. The molecular formula is C19H20O5. The van der Waals surface area contributed by atoms with E-state index in [0.29, 0.717) is 37.6 Å². The van der Waals surface area contributed by atoms with Gasteiger partial charge in [0.1, 0.15) is 12.4 Å². The summed E-state index contributed by atoms with van der Waals surface area (Å²) in [6.45, 7) is 4.17. The van der Waals surface area contributed by atoms with E-state index in [4.69, 9.17) is 14.6 Å². The van der Waals surface area contributed by atoms with Crippen molar-refractivity contribution in [2.75, 3.05) is 6.61 Å². The highest BCUT2D eigenvalue weighted by Crippen LogP contribution is 2.31. The maximum Gasteiger partial charge on any atom is 0.330 e. The zero-order valence-corrected chi connectivity index (χ0v) is 13.3. The molecule has 5 nitrogen and oxygen atoms in total. The van der Waals surface area contributed by atoms with Gasteiger partial charge in [0, 0.05) is 11.6 Å². The van der Waals surface area contributed by atoms with Crippen LogP contribution >= 0.6 is 0 Å². The quantitative estimate of drug-likeness (QED) is 0.541. The molecule has 0 bridgehead atoms. The van der Waals surface area contributed by atoms with Crippen molar-refractivity contribution in [3.8, 4) is 17.2 Å². The minimum Gasteiger partial charge on any atom is -0.504 e. The molecule has 0 heterocycles. The van der Waals surface area contributed by atoms with Crippen molar-refractivity contribution in [3.63, 3.8) is 0 Å². The SMILES string of the molecule is C=C(CCCOc1ccc(OCc2ccccc2)c(O)c1)C(=O)O. The molecule has 24 heavy (non-hydrogen) atoms. The standard InChI is InChI=1S/C19H20O5/c1-14(19(21)22)6-5-11-23-16-9-10-18(17(20)12-16)24-13-15-7-3-2-4-8-15/h2-4,7-10,12,20H,1,5-6,11,13H2,(H,21,22). The lowest BCUT2D eigenvalue weighted by atomic mass is 10.2. The van der Waals surface area contributed by atoms with Gasteiger partial charge in [0.05, 0.1) is 6.61 Å². The van der Waals surface area contributed by atoms with Crippen molar-refractivity contribution in [1.29, 1.82) is 0 Å². The lowest BCUT2D eigenvalue weighted by Crippen LogP contribution is -2.03. The van der Waals surface area contributed by atoms with Crippen molar-refractivity contribution in [3.05, 3.63) is 66.2 Å². The van der Waals surface area contributed by atoms with Gasteiger partial charge < -0.3 is 19.7 Å². The fourth-order valence-electron chi connectivity index (χ4n) is 2.03. The van der Waals surface area contributed by atoms with E-state index in [2.05, 4.69) is 6.58 Å². The summed E-state index contributed by atoms with van der Waals surface area (Å²) in [4.78, 5) is 10.6. The van der Waals surface area contributed by atoms with Gasteiger partial charge in [-0.25, -0.2) is 4.79 Å². The second-order valence-corrected chi connectivity index (χ2v) is 5.26. The number of aliphatic carboxylic acids is 1. The average Bonchev–Trinajstić information content (AvgIpc) is 2.58. The van der Waals surface area contributed by atoms with Gasteiger partial charge in [-0.3, -0.25) is 0 Å². The number of ether oxygens (including phenoxy) is 2. The third-order valence-electron chi connectivity index (χ3n) is 3.36. The second kappa shape index (κ2) is 8.62. The summed E-state index contributed by atoms with van der Waals surface area (Å²) in [5.41, 5.74) is 1.17. The zero-order chi connectivity index (χ0) is 17.4.